The Kier molecular flexibility index (Phi) is 6.02. The van der Waals surface area contributed by atoms with Gasteiger partial charge in [0, 0.05) is 53.4 Å². The molecule has 0 saturated heterocycles. The van der Waals surface area contributed by atoms with Gasteiger partial charge in [-0.1, -0.05) is 42.2 Å². The Morgan fingerprint density at radius 1 is 0.974 bits per heavy atom. The van der Waals surface area contributed by atoms with E-state index < -0.39 is 0 Å². The number of carbonyl (C=O) groups excluding carboxylic acids is 1. The number of hydrogen-bond acceptors (Lipinski definition) is 5. The number of benzene rings is 2. The second kappa shape index (κ2) is 9.80. The minimum Gasteiger partial charge on any atom is -0.383 e. The van der Waals surface area contributed by atoms with Crippen molar-refractivity contribution in [2.75, 3.05) is 5.73 Å². The quantitative estimate of drug-likeness (QED) is 0.332. The fraction of sp³-hybridized carbons (Fsp3) is 0.0968. The van der Waals surface area contributed by atoms with Crippen LogP contribution < -0.4 is 11.1 Å². The van der Waals surface area contributed by atoms with Crippen molar-refractivity contribution >= 4 is 33.5 Å². The van der Waals surface area contributed by atoms with Crippen molar-refractivity contribution < 1.29 is 4.79 Å². The minimum absolute atomic E-state index is 0.141. The number of pyridine rings is 2. The van der Waals surface area contributed by atoms with Gasteiger partial charge >= 0.3 is 0 Å². The molecule has 0 fully saturated rings. The van der Waals surface area contributed by atoms with Crippen LogP contribution >= 0.6 is 0 Å². The molecule has 0 bridgehead atoms. The monoisotopic (exact) mass is 511 g/mol. The van der Waals surface area contributed by atoms with Gasteiger partial charge in [-0.15, -0.1) is 0 Å². The number of fused-ring (bicyclic) bond motifs is 2. The number of amides is 1. The summed E-state index contributed by atoms with van der Waals surface area (Å²) < 4.78 is 3.88. The van der Waals surface area contributed by atoms with E-state index in [4.69, 9.17) is 5.73 Å². The van der Waals surface area contributed by atoms with Gasteiger partial charge in [-0.3, -0.25) is 14.5 Å². The van der Waals surface area contributed by atoms with E-state index in [2.05, 4.69) is 48.9 Å². The molecule has 1 amide bonds. The van der Waals surface area contributed by atoms with E-state index in [0.717, 1.165) is 38.8 Å². The summed E-state index contributed by atoms with van der Waals surface area (Å²) in [6.07, 6.45) is 6.90. The van der Waals surface area contributed by atoms with Crippen LogP contribution in [0.2, 0.25) is 0 Å². The molecule has 0 aliphatic carbocycles. The Morgan fingerprint density at radius 2 is 1.79 bits per heavy atom. The van der Waals surface area contributed by atoms with Crippen LogP contribution in [0, 0.1) is 11.8 Å². The van der Waals surface area contributed by atoms with Gasteiger partial charge in [0.1, 0.15) is 11.4 Å². The number of anilines is 1. The van der Waals surface area contributed by atoms with Crippen molar-refractivity contribution in [1.29, 1.82) is 0 Å². The molecular formula is C31H25N7O. The number of aryl methyl sites for hydroxylation is 1. The van der Waals surface area contributed by atoms with E-state index in [1.807, 2.05) is 68.7 Å². The largest absolute Gasteiger partial charge is 0.383 e. The van der Waals surface area contributed by atoms with Crippen molar-refractivity contribution in [1.82, 2.24) is 29.6 Å². The number of aromatic nitrogens is 5. The standard InChI is InChI=1S/C31H25N7O/c1-20(36-31(39)27-28-24(10-7-15-33-28)18-34-30(27)32)26-16-23-9-6-8-22(14-13-21-17-35-37(2)19-21)29(23)38(26)25-11-4-3-5-12-25/h3-12,15-20H,1-2H3,(H2,32,34)(H,36,39)/t20-/m1/s1. The van der Waals surface area contributed by atoms with Crippen LogP contribution in [0.25, 0.3) is 27.5 Å². The molecular weight excluding hydrogens is 486 g/mol. The molecule has 0 saturated carbocycles. The van der Waals surface area contributed by atoms with Crippen molar-refractivity contribution in [3.8, 4) is 17.5 Å². The van der Waals surface area contributed by atoms with Crippen molar-refractivity contribution in [3.63, 3.8) is 0 Å². The molecule has 0 aliphatic rings. The molecule has 2 aromatic carbocycles. The van der Waals surface area contributed by atoms with Crippen LogP contribution in [0.3, 0.4) is 0 Å². The Balaban J connectivity index is 1.46. The van der Waals surface area contributed by atoms with Gasteiger partial charge in [0.05, 0.1) is 28.8 Å². The van der Waals surface area contributed by atoms with E-state index in [-0.39, 0.29) is 23.3 Å². The van der Waals surface area contributed by atoms with E-state index in [1.165, 1.54) is 0 Å². The summed E-state index contributed by atoms with van der Waals surface area (Å²) in [4.78, 5) is 22.2. The van der Waals surface area contributed by atoms with Crippen LogP contribution in [-0.4, -0.2) is 30.2 Å². The average molecular weight is 512 g/mol. The van der Waals surface area contributed by atoms with Gasteiger partial charge < -0.3 is 15.6 Å². The number of para-hydroxylation sites is 2. The van der Waals surface area contributed by atoms with E-state index in [0.29, 0.717) is 5.52 Å². The number of nitrogen functional groups attached to an aromatic ring is 1. The number of nitrogens with one attached hydrogen (secondary N) is 1. The average Bonchev–Trinajstić information content (AvgIpc) is 3.56. The fourth-order valence-electron chi connectivity index (χ4n) is 4.80. The normalized spacial score (nSPS) is 11.7. The van der Waals surface area contributed by atoms with Crippen molar-refractivity contribution in [2.24, 2.45) is 7.05 Å². The molecule has 0 spiro atoms. The van der Waals surface area contributed by atoms with Crippen LogP contribution in [-0.2, 0) is 7.05 Å². The summed E-state index contributed by atoms with van der Waals surface area (Å²) >= 11 is 0. The first-order chi connectivity index (χ1) is 19.0. The summed E-state index contributed by atoms with van der Waals surface area (Å²) in [6.45, 7) is 1.95. The molecule has 6 aromatic rings. The highest BCUT2D eigenvalue weighted by atomic mass is 16.1. The lowest BCUT2D eigenvalue weighted by Gasteiger charge is -2.19. The lowest BCUT2D eigenvalue weighted by molar-refractivity contribution is 0.0941. The van der Waals surface area contributed by atoms with Crippen LogP contribution in [0.15, 0.2) is 91.5 Å². The summed E-state index contributed by atoms with van der Waals surface area (Å²) in [5.74, 6) is 6.36. The molecule has 4 aromatic heterocycles. The van der Waals surface area contributed by atoms with Gasteiger partial charge in [0.2, 0.25) is 0 Å². The molecule has 3 N–H and O–H groups in total. The van der Waals surface area contributed by atoms with Crippen LogP contribution in [0.1, 0.15) is 40.1 Å². The third-order valence-electron chi connectivity index (χ3n) is 6.61. The molecule has 8 heteroatoms. The number of rotatable bonds is 4. The summed E-state index contributed by atoms with van der Waals surface area (Å²) in [6, 6.07) is 21.5. The van der Waals surface area contributed by atoms with Gasteiger partial charge in [-0.2, -0.15) is 5.10 Å². The molecule has 0 unspecified atom stereocenters. The smallest absolute Gasteiger partial charge is 0.257 e. The summed E-state index contributed by atoms with van der Waals surface area (Å²) in [5.41, 5.74) is 11.5. The zero-order valence-corrected chi connectivity index (χ0v) is 21.5. The maximum atomic E-state index is 13.5. The first kappa shape index (κ1) is 23.9. The summed E-state index contributed by atoms with van der Waals surface area (Å²) in [7, 11) is 1.87. The number of hydrogen-bond donors (Lipinski definition) is 2. The maximum Gasteiger partial charge on any atom is 0.257 e. The van der Waals surface area contributed by atoms with Crippen molar-refractivity contribution in [3.05, 3.63) is 114 Å². The predicted octanol–water partition coefficient (Wildman–Crippen LogP) is 4.78. The first-order valence-corrected chi connectivity index (χ1v) is 12.5. The SMILES string of the molecule is C[C@@H](NC(=O)c1c(N)ncc2cccnc12)c1cc2cccc(C#Cc3cnn(C)c3)c2n1-c1ccccc1. The number of nitrogens with two attached hydrogens (primary N) is 1. The Labute approximate surface area is 225 Å². The number of carbonyl (C=O) groups is 1. The molecule has 6 rings (SSSR count). The Bertz CT molecular complexity index is 1910. The molecule has 190 valence electrons. The lowest BCUT2D eigenvalue weighted by Crippen LogP contribution is -2.29. The second-order valence-electron chi connectivity index (χ2n) is 9.29. The van der Waals surface area contributed by atoms with Gasteiger partial charge in [-0.05, 0) is 43.3 Å². The predicted molar refractivity (Wildman–Crippen MR) is 152 cm³/mol. The topological polar surface area (TPSA) is 104 Å². The Hall–Kier alpha value is -5.42. The molecule has 4 heterocycles. The molecule has 0 radical (unpaired) electrons. The zero-order chi connectivity index (χ0) is 26.9. The third kappa shape index (κ3) is 4.47. The minimum atomic E-state index is -0.373. The van der Waals surface area contributed by atoms with Crippen molar-refractivity contribution in [2.45, 2.75) is 13.0 Å². The van der Waals surface area contributed by atoms with E-state index >= 15 is 0 Å². The second-order valence-corrected chi connectivity index (χ2v) is 9.29. The third-order valence-corrected chi connectivity index (χ3v) is 6.61. The summed E-state index contributed by atoms with van der Waals surface area (Å²) in [5, 5.41) is 9.11. The fourth-order valence-corrected chi connectivity index (χ4v) is 4.80. The van der Waals surface area contributed by atoms with E-state index in [9.17, 15) is 4.79 Å². The highest BCUT2D eigenvalue weighted by Crippen LogP contribution is 2.31. The van der Waals surface area contributed by atoms with Crippen LogP contribution in [0.5, 0.6) is 0 Å². The molecule has 39 heavy (non-hydrogen) atoms. The lowest BCUT2D eigenvalue weighted by atomic mass is 10.1. The van der Waals surface area contributed by atoms with Gasteiger partial charge in [0.25, 0.3) is 5.91 Å². The van der Waals surface area contributed by atoms with Gasteiger partial charge in [-0.25, -0.2) is 4.98 Å². The molecule has 0 aliphatic heterocycles. The first-order valence-electron chi connectivity index (χ1n) is 12.5. The molecule has 1 atom stereocenters. The Morgan fingerprint density at radius 3 is 2.59 bits per heavy atom. The molecule has 8 nitrogen and oxygen atoms in total. The highest BCUT2D eigenvalue weighted by molar-refractivity contribution is 6.09. The zero-order valence-electron chi connectivity index (χ0n) is 21.5. The highest BCUT2D eigenvalue weighted by Gasteiger charge is 2.23. The number of nitrogens with zero attached hydrogens (tertiary/aromatic N) is 5. The van der Waals surface area contributed by atoms with E-state index in [1.54, 1.807) is 29.3 Å². The van der Waals surface area contributed by atoms with Crippen LogP contribution in [0.4, 0.5) is 5.82 Å². The van der Waals surface area contributed by atoms with Gasteiger partial charge in [0.15, 0.2) is 0 Å². The maximum absolute atomic E-state index is 13.5.